The minimum absolute atomic E-state index is 0.0170. The zero-order chi connectivity index (χ0) is 8.36. The molecule has 0 bridgehead atoms. The molecule has 0 aromatic rings. The van der Waals surface area contributed by atoms with E-state index in [1.807, 2.05) is 0 Å². The van der Waals surface area contributed by atoms with Crippen LogP contribution in [-0.2, 0) is 9.59 Å². The van der Waals surface area contributed by atoms with Crippen molar-refractivity contribution in [1.29, 1.82) is 0 Å². The number of hydrogen-bond acceptors (Lipinski definition) is 2. The third-order valence-electron chi connectivity index (χ3n) is 1.11. The lowest BCUT2D eigenvalue weighted by atomic mass is 9.92. The van der Waals surface area contributed by atoms with Crippen LogP contribution in [0, 0.1) is 5.41 Å². The molecule has 0 aliphatic heterocycles. The van der Waals surface area contributed by atoms with Gasteiger partial charge < -0.3 is 0 Å². The van der Waals surface area contributed by atoms with Crippen LogP contribution in [0.3, 0.4) is 0 Å². The molecule has 0 atom stereocenters. The Morgan fingerprint density at radius 3 is 1.80 bits per heavy atom. The van der Waals surface area contributed by atoms with Gasteiger partial charge in [0.25, 0.3) is 0 Å². The largest absolute Gasteiger partial charge is 0.281 e. The van der Waals surface area contributed by atoms with Gasteiger partial charge in [-0.3, -0.25) is 9.59 Å². The van der Waals surface area contributed by atoms with E-state index in [0.717, 1.165) is 0 Å². The minimum Gasteiger partial charge on any atom is -0.281 e. The van der Waals surface area contributed by atoms with Gasteiger partial charge in [0.15, 0.2) is 0 Å². The highest BCUT2D eigenvalue weighted by molar-refractivity contribution is 6.66. The topological polar surface area (TPSA) is 34.1 Å². The summed E-state index contributed by atoms with van der Waals surface area (Å²) in [4.78, 5) is 20.9. The Morgan fingerprint density at radius 1 is 1.30 bits per heavy atom. The summed E-state index contributed by atoms with van der Waals surface area (Å²) in [6.07, 6.45) is -0.0170. The van der Waals surface area contributed by atoms with Crippen molar-refractivity contribution in [3.8, 4) is 0 Å². The van der Waals surface area contributed by atoms with Crippen LogP contribution >= 0.6 is 23.2 Å². The Bertz CT molecular complexity index is 163. The van der Waals surface area contributed by atoms with E-state index in [9.17, 15) is 9.59 Å². The van der Waals surface area contributed by atoms with Gasteiger partial charge in [0, 0.05) is 11.8 Å². The molecule has 0 saturated heterocycles. The molecule has 0 aliphatic rings. The summed E-state index contributed by atoms with van der Waals surface area (Å²) in [5, 5.41) is -1.08. The van der Waals surface area contributed by atoms with Gasteiger partial charge in [0.2, 0.25) is 10.5 Å². The first kappa shape index (κ1) is 9.92. The monoisotopic (exact) mass is 182 g/mol. The summed E-state index contributed by atoms with van der Waals surface area (Å²) >= 11 is 10.2. The van der Waals surface area contributed by atoms with Gasteiger partial charge in [0.1, 0.15) is 0 Å². The third-order valence-corrected chi connectivity index (χ3v) is 1.76. The molecule has 0 rings (SSSR count). The lowest BCUT2D eigenvalue weighted by Crippen LogP contribution is -2.21. The molecule has 4 heteroatoms. The molecule has 0 fully saturated rings. The van der Waals surface area contributed by atoms with Crippen LogP contribution in [-0.4, -0.2) is 10.5 Å². The molecule has 0 amide bonds. The summed E-state index contributed by atoms with van der Waals surface area (Å²) in [7, 11) is 0. The number of carbonyl (C=O) groups is 2. The maximum Gasteiger partial charge on any atom is 0.227 e. The van der Waals surface area contributed by atoms with E-state index in [4.69, 9.17) is 23.2 Å². The molecule has 10 heavy (non-hydrogen) atoms. The van der Waals surface area contributed by atoms with Crippen molar-refractivity contribution >= 4 is 33.7 Å². The standard InChI is InChI=1S/C6H8Cl2O2/c1-6(2,5(8)10)3-4(7)9/h3H2,1-2H3. The minimum atomic E-state index is -0.833. The van der Waals surface area contributed by atoms with Crippen LogP contribution in [0.4, 0.5) is 0 Å². The van der Waals surface area contributed by atoms with E-state index in [1.165, 1.54) is 0 Å². The number of carbonyl (C=O) groups excluding carboxylic acids is 2. The normalized spacial score (nSPS) is 11.2. The Morgan fingerprint density at radius 2 is 1.70 bits per heavy atom. The molecule has 0 aliphatic carbocycles. The van der Waals surface area contributed by atoms with Crippen molar-refractivity contribution in [2.45, 2.75) is 20.3 Å². The molecule has 0 aromatic carbocycles. The van der Waals surface area contributed by atoms with Crippen LogP contribution in [0.15, 0.2) is 0 Å². The molecule has 0 N–H and O–H groups in total. The molecular weight excluding hydrogens is 175 g/mol. The molecule has 0 heterocycles. The van der Waals surface area contributed by atoms with Crippen molar-refractivity contribution in [2.24, 2.45) is 5.41 Å². The lowest BCUT2D eigenvalue weighted by Gasteiger charge is -2.15. The van der Waals surface area contributed by atoms with Gasteiger partial charge in [-0.1, -0.05) is 13.8 Å². The van der Waals surface area contributed by atoms with E-state index in [1.54, 1.807) is 13.8 Å². The lowest BCUT2D eigenvalue weighted by molar-refractivity contribution is -0.123. The van der Waals surface area contributed by atoms with Crippen LogP contribution in [0.5, 0.6) is 0 Å². The Kier molecular flexibility index (Phi) is 3.33. The highest BCUT2D eigenvalue weighted by Crippen LogP contribution is 2.24. The van der Waals surface area contributed by atoms with Crippen molar-refractivity contribution in [1.82, 2.24) is 0 Å². The first-order valence-corrected chi connectivity index (χ1v) is 3.50. The van der Waals surface area contributed by atoms with Crippen LogP contribution in [0.25, 0.3) is 0 Å². The number of rotatable bonds is 3. The SMILES string of the molecule is CC(C)(CC(=O)Cl)C(=O)Cl. The molecule has 58 valence electrons. The average molecular weight is 183 g/mol. The summed E-state index contributed by atoms with van der Waals surface area (Å²) < 4.78 is 0. The summed E-state index contributed by atoms with van der Waals surface area (Å²) in [6, 6.07) is 0. The number of halogens is 2. The molecule has 2 nitrogen and oxygen atoms in total. The van der Waals surface area contributed by atoms with Crippen LogP contribution in [0.1, 0.15) is 20.3 Å². The third kappa shape index (κ3) is 3.18. The van der Waals surface area contributed by atoms with Crippen molar-refractivity contribution in [3.63, 3.8) is 0 Å². The zero-order valence-corrected chi connectivity index (χ0v) is 7.29. The number of hydrogen-bond donors (Lipinski definition) is 0. The second-order valence-electron chi connectivity index (χ2n) is 2.69. The summed E-state index contributed by atoms with van der Waals surface area (Å²) in [6.45, 7) is 3.14. The van der Waals surface area contributed by atoms with Crippen LogP contribution in [0.2, 0.25) is 0 Å². The van der Waals surface area contributed by atoms with E-state index in [0.29, 0.717) is 0 Å². The molecule has 0 unspecified atom stereocenters. The molecule has 0 radical (unpaired) electrons. The molecular formula is C6H8Cl2O2. The second kappa shape index (κ2) is 3.35. The highest BCUT2D eigenvalue weighted by atomic mass is 35.5. The molecule has 0 aromatic heterocycles. The van der Waals surface area contributed by atoms with Crippen LogP contribution < -0.4 is 0 Å². The van der Waals surface area contributed by atoms with E-state index < -0.39 is 15.9 Å². The quantitative estimate of drug-likeness (QED) is 0.626. The van der Waals surface area contributed by atoms with E-state index in [2.05, 4.69) is 0 Å². The predicted octanol–water partition coefficient (Wildman–Crippen LogP) is 1.93. The zero-order valence-electron chi connectivity index (χ0n) is 5.78. The van der Waals surface area contributed by atoms with Gasteiger partial charge in [-0.25, -0.2) is 0 Å². The summed E-state index contributed by atoms with van der Waals surface area (Å²) in [5.74, 6) is 0. The van der Waals surface area contributed by atoms with Gasteiger partial charge in [-0.15, -0.1) is 0 Å². The Hall–Kier alpha value is -0.0800. The Balaban J connectivity index is 4.13. The van der Waals surface area contributed by atoms with Gasteiger partial charge >= 0.3 is 0 Å². The second-order valence-corrected chi connectivity index (χ2v) is 3.45. The smallest absolute Gasteiger partial charge is 0.227 e. The van der Waals surface area contributed by atoms with Gasteiger partial charge in [-0.05, 0) is 23.2 Å². The predicted molar refractivity (Wildman–Crippen MR) is 40.1 cm³/mol. The van der Waals surface area contributed by atoms with Crippen molar-refractivity contribution in [3.05, 3.63) is 0 Å². The highest BCUT2D eigenvalue weighted by Gasteiger charge is 2.27. The molecule has 0 spiro atoms. The fraction of sp³-hybridized carbons (Fsp3) is 0.667. The first-order chi connectivity index (χ1) is 4.36. The average Bonchev–Trinajstić information content (AvgIpc) is 1.60. The molecule has 0 saturated carbocycles. The maximum absolute atomic E-state index is 10.6. The van der Waals surface area contributed by atoms with E-state index in [-0.39, 0.29) is 6.42 Å². The van der Waals surface area contributed by atoms with Gasteiger partial charge in [-0.2, -0.15) is 0 Å². The fourth-order valence-electron chi connectivity index (χ4n) is 0.417. The summed E-state index contributed by atoms with van der Waals surface area (Å²) in [5.41, 5.74) is -0.833. The van der Waals surface area contributed by atoms with Crippen molar-refractivity contribution in [2.75, 3.05) is 0 Å². The maximum atomic E-state index is 10.6. The van der Waals surface area contributed by atoms with E-state index >= 15 is 0 Å². The van der Waals surface area contributed by atoms with Crippen molar-refractivity contribution < 1.29 is 9.59 Å². The Labute approximate surface area is 69.5 Å². The van der Waals surface area contributed by atoms with Gasteiger partial charge in [0.05, 0.1) is 0 Å². The first-order valence-electron chi connectivity index (χ1n) is 2.74. The fourth-order valence-corrected chi connectivity index (χ4v) is 0.818.